The molecule has 8 nitrogen and oxygen atoms in total. The zero-order chi connectivity index (χ0) is 26.0. The van der Waals surface area contributed by atoms with Crippen molar-refractivity contribution in [3.05, 3.63) is 58.5 Å². The number of nitrogens with zero attached hydrogens (tertiary/aromatic N) is 4. The van der Waals surface area contributed by atoms with Gasteiger partial charge in [0.05, 0.1) is 0 Å². The van der Waals surface area contributed by atoms with Crippen LogP contribution in [0.15, 0.2) is 30.3 Å². The molecule has 2 aromatic rings. The molecule has 2 fully saturated rings. The summed E-state index contributed by atoms with van der Waals surface area (Å²) in [6.45, 7) is 5.87. The Kier molecular flexibility index (Phi) is 7.68. The molecule has 9 heteroatoms. The minimum Gasteiger partial charge on any atom is -0.345 e. The standard InChI is InChI=1S/C27H34FN5O3/c1-17-13-19(5-6-22(17)28)16-32-11-9-21(10-12-32)33-23(7-8-25(33)34)26(35)30-24-15-20(14-18(2)29-24)27(36)31(3)4/h5-6,13-15,21,23H,7-12,16H2,1-4H3,(H,29,30,35)/t23-/m1/s1. The van der Waals surface area contributed by atoms with E-state index in [9.17, 15) is 18.8 Å². The average molecular weight is 496 g/mol. The third-order valence-electron chi connectivity index (χ3n) is 6.99. The predicted octanol–water partition coefficient (Wildman–Crippen LogP) is 3.13. The number of benzene rings is 1. The summed E-state index contributed by atoms with van der Waals surface area (Å²) in [5.74, 6) is -0.323. The molecule has 1 aromatic heterocycles. The highest BCUT2D eigenvalue weighted by atomic mass is 19.1. The lowest BCUT2D eigenvalue weighted by Crippen LogP contribution is -2.51. The van der Waals surface area contributed by atoms with E-state index in [0.717, 1.165) is 38.0 Å². The van der Waals surface area contributed by atoms with Gasteiger partial charge in [0.25, 0.3) is 5.91 Å². The maximum atomic E-state index is 13.6. The summed E-state index contributed by atoms with van der Waals surface area (Å²) >= 11 is 0. The number of halogens is 1. The zero-order valence-electron chi connectivity index (χ0n) is 21.4. The number of rotatable bonds is 6. The minimum absolute atomic E-state index is 0.00157. The number of amides is 3. The lowest BCUT2D eigenvalue weighted by Gasteiger charge is -2.39. The molecule has 192 valence electrons. The van der Waals surface area contributed by atoms with E-state index in [4.69, 9.17) is 0 Å². The minimum atomic E-state index is -0.552. The van der Waals surface area contributed by atoms with E-state index in [1.54, 1.807) is 45.0 Å². The van der Waals surface area contributed by atoms with E-state index in [2.05, 4.69) is 15.2 Å². The second-order valence-corrected chi connectivity index (χ2v) is 10.0. The number of nitrogens with one attached hydrogen (secondary N) is 1. The van der Waals surface area contributed by atoms with Crippen LogP contribution in [0.3, 0.4) is 0 Å². The smallest absolute Gasteiger partial charge is 0.253 e. The van der Waals surface area contributed by atoms with E-state index in [-0.39, 0.29) is 29.6 Å². The number of piperidine rings is 1. The van der Waals surface area contributed by atoms with Crippen LogP contribution in [-0.2, 0) is 16.1 Å². The second kappa shape index (κ2) is 10.7. The second-order valence-electron chi connectivity index (χ2n) is 10.0. The first-order valence-corrected chi connectivity index (χ1v) is 12.4. The fraction of sp³-hybridized carbons (Fsp3) is 0.481. The van der Waals surface area contributed by atoms with Crippen molar-refractivity contribution >= 4 is 23.5 Å². The van der Waals surface area contributed by atoms with Crippen molar-refractivity contribution in [3.63, 3.8) is 0 Å². The van der Waals surface area contributed by atoms with Crippen molar-refractivity contribution in [1.82, 2.24) is 19.7 Å². The van der Waals surface area contributed by atoms with Crippen molar-refractivity contribution in [2.75, 3.05) is 32.5 Å². The molecule has 1 N–H and O–H groups in total. The van der Waals surface area contributed by atoms with Crippen LogP contribution in [0, 0.1) is 19.7 Å². The first-order chi connectivity index (χ1) is 17.1. The van der Waals surface area contributed by atoms with Gasteiger partial charge in [0.15, 0.2) is 0 Å². The number of hydrogen-bond donors (Lipinski definition) is 1. The van der Waals surface area contributed by atoms with Crippen LogP contribution in [0.2, 0.25) is 0 Å². The Bertz CT molecular complexity index is 1160. The Morgan fingerprint density at radius 1 is 1.11 bits per heavy atom. The molecule has 0 saturated carbocycles. The number of anilines is 1. The Labute approximate surface area is 211 Å². The molecular weight excluding hydrogens is 461 g/mol. The quantitative estimate of drug-likeness (QED) is 0.666. The highest BCUT2D eigenvalue weighted by molar-refractivity contribution is 6.00. The molecule has 36 heavy (non-hydrogen) atoms. The Morgan fingerprint density at radius 2 is 1.83 bits per heavy atom. The van der Waals surface area contributed by atoms with Gasteiger partial charge >= 0.3 is 0 Å². The van der Waals surface area contributed by atoms with Gasteiger partial charge in [-0.05, 0) is 62.4 Å². The van der Waals surface area contributed by atoms with Gasteiger partial charge in [-0.3, -0.25) is 19.3 Å². The molecule has 0 aliphatic carbocycles. The van der Waals surface area contributed by atoms with Crippen LogP contribution in [0.5, 0.6) is 0 Å². The van der Waals surface area contributed by atoms with Gasteiger partial charge in [-0.2, -0.15) is 0 Å². The number of aryl methyl sites for hydroxylation is 2. The van der Waals surface area contributed by atoms with Gasteiger partial charge in [0.1, 0.15) is 17.7 Å². The summed E-state index contributed by atoms with van der Waals surface area (Å²) in [5.41, 5.74) is 2.78. The third kappa shape index (κ3) is 5.73. The molecule has 2 saturated heterocycles. The summed E-state index contributed by atoms with van der Waals surface area (Å²) in [7, 11) is 3.34. The SMILES string of the molecule is Cc1cc(C(=O)N(C)C)cc(NC(=O)[C@H]2CCC(=O)N2C2CCN(Cc3ccc(F)c(C)c3)CC2)n1. The average Bonchev–Trinajstić information content (AvgIpc) is 3.22. The molecule has 0 radical (unpaired) electrons. The molecule has 0 bridgehead atoms. The van der Waals surface area contributed by atoms with E-state index in [0.29, 0.717) is 35.5 Å². The fourth-order valence-electron chi connectivity index (χ4n) is 5.16. The predicted molar refractivity (Wildman–Crippen MR) is 135 cm³/mol. The Balaban J connectivity index is 1.39. The van der Waals surface area contributed by atoms with Gasteiger partial charge in [0, 0.05) is 57.4 Å². The van der Waals surface area contributed by atoms with Crippen LogP contribution in [0.1, 0.15) is 52.9 Å². The van der Waals surface area contributed by atoms with Crippen molar-refractivity contribution in [2.24, 2.45) is 0 Å². The van der Waals surface area contributed by atoms with Crippen LogP contribution in [0.25, 0.3) is 0 Å². The van der Waals surface area contributed by atoms with Gasteiger partial charge in [-0.15, -0.1) is 0 Å². The summed E-state index contributed by atoms with van der Waals surface area (Å²) < 4.78 is 13.6. The number of pyridine rings is 1. The van der Waals surface area contributed by atoms with Crippen LogP contribution in [0.4, 0.5) is 10.2 Å². The number of carbonyl (C=O) groups is 3. The molecule has 2 aliphatic heterocycles. The van der Waals surface area contributed by atoms with Crippen LogP contribution in [-0.4, -0.2) is 76.7 Å². The van der Waals surface area contributed by atoms with Gasteiger partial charge in [0.2, 0.25) is 11.8 Å². The van der Waals surface area contributed by atoms with E-state index >= 15 is 0 Å². The Morgan fingerprint density at radius 3 is 2.50 bits per heavy atom. The molecule has 2 aliphatic rings. The number of likely N-dealkylation sites (tertiary alicyclic amines) is 2. The number of aromatic nitrogens is 1. The zero-order valence-corrected chi connectivity index (χ0v) is 21.4. The monoisotopic (exact) mass is 495 g/mol. The number of carbonyl (C=O) groups excluding carboxylic acids is 3. The summed E-state index contributed by atoms with van der Waals surface area (Å²) in [5, 5.41) is 2.84. The van der Waals surface area contributed by atoms with Crippen LogP contribution < -0.4 is 5.32 Å². The maximum absolute atomic E-state index is 13.6. The van der Waals surface area contributed by atoms with Crippen molar-refractivity contribution in [2.45, 2.75) is 58.2 Å². The van der Waals surface area contributed by atoms with Gasteiger partial charge in [-0.1, -0.05) is 12.1 Å². The molecule has 4 rings (SSSR count). The largest absolute Gasteiger partial charge is 0.345 e. The van der Waals surface area contributed by atoms with E-state index in [1.807, 2.05) is 12.1 Å². The maximum Gasteiger partial charge on any atom is 0.253 e. The lowest BCUT2D eigenvalue weighted by molar-refractivity contribution is -0.136. The normalized spacial score (nSPS) is 19.0. The van der Waals surface area contributed by atoms with Crippen molar-refractivity contribution < 1.29 is 18.8 Å². The molecule has 0 unspecified atom stereocenters. The summed E-state index contributed by atoms with van der Waals surface area (Å²) in [6.07, 6.45) is 2.37. The fourth-order valence-corrected chi connectivity index (χ4v) is 5.16. The summed E-state index contributed by atoms with van der Waals surface area (Å²) in [6, 6.07) is 7.90. The van der Waals surface area contributed by atoms with Crippen molar-refractivity contribution in [3.8, 4) is 0 Å². The Hall–Kier alpha value is -3.33. The molecule has 1 aromatic carbocycles. The third-order valence-corrected chi connectivity index (χ3v) is 6.99. The molecule has 0 spiro atoms. The highest BCUT2D eigenvalue weighted by Crippen LogP contribution is 2.29. The van der Waals surface area contributed by atoms with Crippen LogP contribution >= 0.6 is 0 Å². The molecule has 3 amide bonds. The first kappa shape index (κ1) is 25.8. The lowest BCUT2D eigenvalue weighted by atomic mass is 10.0. The van der Waals surface area contributed by atoms with Crippen molar-refractivity contribution in [1.29, 1.82) is 0 Å². The molecular formula is C27H34FN5O3. The molecule has 3 heterocycles. The summed E-state index contributed by atoms with van der Waals surface area (Å²) in [4.78, 5) is 48.3. The topological polar surface area (TPSA) is 85.8 Å². The van der Waals surface area contributed by atoms with E-state index in [1.165, 1.54) is 11.0 Å². The molecule has 1 atom stereocenters. The number of hydrogen-bond acceptors (Lipinski definition) is 5. The van der Waals surface area contributed by atoms with E-state index < -0.39 is 6.04 Å². The van der Waals surface area contributed by atoms with Gasteiger partial charge in [-0.25, -0.2) is 9.37 Å². The van der Waals surface area contributed by atoms with Gasteiger partial charge < -0.3 is 15.1 Å². The first-order valence-electron chi connectivity index (χ1n) is 12.4. The highest BCUT2D eigenvalue weighted by Gasteiger charge is 2.41.